The van der Waals surface area contributed by atoms with Crippen LogP contribution in [0.2, 0.25) is 0 Å². The molecule has 3 unspecified atom stereocenters. The number of fused-ring (bicyclic) bond motifs is 1. The van der Waals surface area contributed by atoms with Gasteiger partial charge in [0.05, 0.1) is 18.8 Å². The SMILES string of the molecule is NC(Cc1cnc[nH]1)C(=O)NC(CC(=O)O)C(=O)NC(Cc1c[nH]c2ccccc12)C(=O)O. The van der Waals surface area contributed by atoms with Gasteiger partial charge in [0, 0.05) is 41.8 Å². The first-order chi connectivity index (χ1) is 15.7. The summed E-state index contributed by atoms with van der Waals surface area (Å²) >= 11 is 0. The molecule has 0 aliphatic rings. The summed E-state index contributed by atoms with van der Waals surface area (Å²) < 4.78 is 0. The van der Waals surface area contributed by atoms with E-state index in [1.807, 2.05) is 18.2 Å². The topological polar surface area (TPSA) is 203 Å². The number of aliphatic carboxylic acids is 2. The van der Waals surface area contributed by atoms with E-state index in [4.69, 9.17) is 10.8 Å². The number of para-hydroxylation sites is 1. The number of rotatable bonds is 11. The van der Waals surface area contributed by atoms with E-state index in [9.17, 15) is 24.3 Å². The number of nitrogens with zero attached hydrogens (tertiary/aromatic N) is 1. The Morgan fingerprint density at radius 2 is 1.73 bits per heavy atom. The maximum absolute atomic E-state index is 12.7. The number of carbonyl (C=O) groups is 4. The molecule has 1 aromatic carbocycles. The van der Waals surface area contributed by atoms with Gasteiger partial charge in [0.25, 0.3) is 0 Å². The number of hydrogen-bond acceptors (Lipinski definition) is 6. The van der Waals surface area contributed by atoms with E-state index in [1.165, 1.54) is 12.5 Å². The predicted molar refractivity (Wildman–Crippen MR) is 116 cm³/mol. The maximum Gasteiger partial charge on any atom is 0.326 e. The van der Waals surface area contributed by atoms with Crippen LogP contribution in [-0.4, -0.2) is 67.0 Å². The van der Waals surface area contributed by atoms with E-state index in [0.717, 1.165) is 10.9 Å². The number of H-pyrrole nitrogens is 2. The highest BCUT2D eigenvalue weighted by Crippen LogP contribution is 2.19. The fourth-order valence-electron chi connectivity index (χ4n) is 3.38. The summed E-state index contributed by atoms with van der Waals surface area (Å²) in [5.41, 5.74) is 7.90. The highest BCUT2D eigenvalue weighted by Gasteiger charge is 2.30. The van der Waals surface area contributed by atoms with Crippen LogP contribution in [0.3, 0.4) is 0 Å². The molecule has 0 saturated heterocycles. The Bertz CT molecular complexity index is 1140. The molecule has 33 heavy (non-hydrogen) atoms. The second kappa shape index (κ2) is 10.4. The normalized spacial score (nSPS) is 13.7. The minimum atomic E-state index is -1.51. The molecule has 0 bridgehead atoms. The second-order valence-corrected chi connectivity index (χ2v) is 7.51. The summed E-state index contributed by atoms with van der Waals surface area (Å²) in [6.45, 7) is 0. The summed E-state index contributed by atoms with van der Waals surface area (Å²) in [6, 6.07) is 3.36. The maximum atomic E-state index is 12.7. The molecule has 174 valence electrons. The van der Waals surface area contributed by atoms with Crippen LogP contribution in [-0.2, 0) is 32.0 Å². The smallest absolute Gasteiger partial charge is 0.326 e. The second-order valence-electron chi connectivity index (χ2n) is 7.51. The van der Waals surface area contributed by atoms with Crippen molar-refractivity contribution >= 4 is 34.7 Å². The minimum absolute atomic E-state index is 0.0435. The van der Waals surface area contributed by atoms with Gasteiger partial charge in [0.2, 0.25) is 11.8 Å². The van der Waals surface area contributed by atoms with Gasteiger partial charge in [-0.2, -0.15) is 0 Å². The van der Waals surface area contributed by atoms with Crippen molar-refractivity contribution in [2.75, 3.05) is 0 Å². The molecule has 0 aliphatic carbocycles. The first-order valence-corrected chi connectivity index (χ1v) is 10.1. The van der Waals surface area contributed by atoms with Gasteiger partial charge < -0.3 is 36.5 Å². The summed E-state index contributed by atoms with van der Waals surface area (Å²) in [7, 11) is 0. The van der Waals surface area contributed by atoms with Gasteiger partial charge in [-0.05, 0) is 11.6 Å². The van der Waals surface area contributed by atoms with Gasteiger partial charge >= 0.3 is 11.9 Å². The van der Waals surface area contributed by atoms with Gasteiger partial charge in [-0.15, -0.1) is 0 Å². The highest BCUT2D eigenvalue weighted by atomic mass is 16.4. The molecule has 8 N–H and O–H groups in total. The highest BCUT2D eigenvalue weighted by molar-refractivity contribution is 5.94. The third-order valence-corrected chi connectivity index (χ3v) is 5.06. The van der Waals surface area contributed by atoms with Gasteiger partial charge in [-0.3, -0.25) is 14.4 Å². The fourth-order valence-corrected chi connectivity index (χ4v) is 3.38. The Labute approximate surface area is 187 Å². The third-order valence-electron chi connectivity index (χ3n) is 5.06. The molecule has 0 spiro atoms. The third kappa shape index (κ3) is 6.17. The number of benzene rings is 1. The zero-order valence-corrected chi connectivity index (χ0v) is 17.4. The zero-order valence-electron chi connectivity index (χ0n) is 17.4. The monoisotopic (exact) mass is 456 g/mol. The van der Waals surface area contributed by atoms with Crippen LogP contribution in [0.1, 0.15) is 17.7 Å². The Hall–Kier alpha value is -4.19. The summed E-state index contributed by atoms with van der Waals surface area (Å²) in [6.07, 6.45) is 3.85. The average molecular weight is 456 g/mol. The van der Waals surface area contributed by atoms with E-state index in [1.54, 1.807) is 12.3 Å². The first kappa shape index (κ1) is 23.5. The fraction of sp³-hybridized carbons (Fsp3) is 0.286. The standard InChI is InChI=1S/C21H24N6O6/c22-14(6-12-9-23-10-25-12)19(30)26-16(7-18(28)29)20(31)27-17(21(32)33)5-11-8-24-15-4-2-1-3-13(11)15/h1-4,8-10,14,16-17,24H,5-7,22H2,(H,23,25)(H,26,30)(H,27,31)(H,28,29)(H,32,33). The van der Waals surface area contributed by atoms with Crippen molar-refractivity contribution in [3.05, 3.63) is 54.2 Å². The number of imidazole rings is 1. The number of nitrogens with two attached hydrogens (primary N) is 1. The number of aromatic nitrogens is 3. The van der Waals surface area contributed by atoms with E-state index in [2.05, 4.69) is 25.6 Å². The molecule has 0 saturated carbocycles. The van der Waals surface area contributed by atoms with Crippen molar-refractivity contribution in [1.82, 2.24) is 25.6 Å². The largest absolute Gasteiger partial charge is 0.481 e. The van der Waals surface area contributed by atoms with Crippen molar-refractivity contribution < 1.29 is 29.4 Å². The van der Waals surface area contributed by atoms with Crippen LogP contribution in [0.25, 0.3) is 10.9 Å². The lowest BCUT2D eigenvalue weighted by atomic mass is 10.0. The minimum Gasteiger partial charge on any atom is -0.481 e. The van der Waals surface area contributed by atoms with E-state index in [0.29, 0.717) is 11.3 Å². The van der Waals surface area contributed by atoms with Crippen molar-refractivity contribution in [2.24, 2.45) is 5.73 Å². The van der Waals surface area contributed by atoms with Crippen LogP contribution in [0.5, 0.6) is 0 Å². The number of hydrogen-bond donors (Lipinski definition) is 7. The molecule has 3 rings (SSSR count). The van der Waals surface area contributed by atoms with Gasteiger partial charge in [-0.25, -0.2) is 9.78 Å². The van der Waals surface area contributed by atoms with Crippen molar-refractivity contribution in [3.8, 4) is 0 Å². The van der Waals surface area contributed by atoms with E-state index in [-0.39, 0.29) is 12.8 Å². The summed E-state index contributed by atoms with van der Waals surface area (Å²) in [5, 5.41) is 24.2. The Morgan fingerprint density at radius 3 is 2.39 bits per heavy atom. The molecule has 0 fully saturated rings. The Morgan fingerprint density at radius 1 is 1.00 bits per heavy atom. The lowest BCUT2D eigenvalue weighted by molar-refractivity contribution is -0.143. The van der Waals surface area contributed by atoms with Crippen LogP contribution in [0, 0.1) is 0 Å². The molecule has 12 heteroatoms. The molecule has 0 radical (unpaired) electrons. The van der Waals surface area contributed by atoms with Gasteiger partial charge in [-0.1, -0.05) is 18.2 Å². The Kier molecular flexibility index (Phi) is 7.41. The lowest BCUT2D eigenvalue weighted by Crippen LogP contribution is -2.55. The molecule has 2 amide bonds. The molecule has 2 heterocycles. The molecular weight excluding hydrogens is 432 g/mol. The number of carbonyl (C=O) groups excluding carboxylic acids is 2. The number of aromatic amines is 2. The quantitative estimate of drug-likeness (QED) is 0.200. The molecule has 3 atom stereocenters. The van der Waals surface area contributed by atoms with Crippen molar-refractivity contribution in [1.29, 1.82) is 0 Å². The van der Waals surface area contributed by atoms with E-state index < -0.39 is 48.3 Å². The predicted octanol–water partition coefficient (Wildman–Crippen LogP) is -0.468. The number of carboxylic acids is 2. The number of carboxylic acid groups (broad SMARTS) is 2. The van der Waals surface area contributed by atoms with Crippen LogP contribution >= 0.6 is 0 Å². The van der Waals surface area contributed by atoms with Gasteiger partial charge in [0.1, 0.15) is 12.1 Å². The lowest BCUT2D eigenvalue weighted by Gasteiger charge is -2.22. The molecule has 3 aromatic rings. The average Bonchev–Trinajstić information content (AvgIpc) is 3.42. The number of nitrogens with one attached hydrogen (secondary N) is 4. The molecular formula is C21H24N6O6. The molecule has 0 aliphatic heterocycles. The van der Waals surface area contributed by atoms with Crippen LogP contribution in [0.4, 0.5) is 0 Å². The summed E-state index contributed by atoms with van der Waals surface area (Å²) in [4.78, 5) is 57.8. The van der Waals surface area contributed by atoms with Gasteiger partial charge in [0.15, 0.2) is 0 Å². The van der Waals surface area contributed by atoms with Crippen LogP contribution in [0.15, 0.2) is 43.0 Å². The Balaban J connectivity index is 1.69. The van der Waals surface area contributed by atoms with E-state index >= 15 is 0 Å². The van der Waals surface area contributed by atoms with Crippen molar-refractivity contribution in [2.45, 2.75) is 37.4 Å². The number of amides is 2. The van der Waals surface area contributed by atoms with Crippen molar-refractivity contribution in [3.63, 3.8) is 0 Å². The molecule has 12 nitrogen and oxygen atoms in total. The summed E-state index contributed by atoms with van der Waals surface area (Å²) in [5.74, 6) is -4.34. The zero-order chi connectivity index (χ0) is 24.0. The first-order valence-electron chi connectivity index (χ1n) is 10.1. The van der Waals surface area contributed by atoms with Crippen LogP contribution < -0.4 is 16.4 Å². The molecule has 2 aromatic heterocycles.